The zero-order valence-corrected chi connectivity index (χ0v) is 12.7. The molecule has 1 aliphatic rings. The molecule has 3 N–H and O–H groups in total. The standard InChI is InChI=1S/C9H17NO2.C6H6FNO/c1-9(2,3)12-8(11)10-6-4-5-7-10;7-4-1-5(8)3-6(9)2-4/h4-7H2,1-3H3;1-3,9H,8H2. The van der Waals surface area contributed by atoms with Crippen molar-refractivity contribution in [2.45, 2.75) is 39.2 Å². The Balaban J connectivity index is 0.000000219. The zero-order valence-electron chi connectivity index (χ0n) is 12.7. The predicted octanol–water partition coefficient (Wildman–Crippen LogP) is 3.13. The van der Waals surface area contributed by atoms with Gasteiger partial charge in [0.1, 0.15) is 17.2 Å². The third kappa shape index (κ3) is 6.83. The van der Waals surface area contributed by atoms with E-state index in [4.69, 9.17) is 15.6 Å². The summed E-state index contributed by atoms with van der Waals surface area (Å²) in [5.41, 5.74) is 5.03. The van der Waals surface area contributed by atoms with Crippen LogP contribution in [0.5, 0.6) is 5.75 Å². The molecule has 21 heavy (non-hydrogen) atoms. The summed E-state index contributed by atoms with van der Waals surface area (Å²) in [4.78, 5) is 13.1. The molecule has 6 heteroatoms. The van der Waals surface area contributed by atoms with Crippen LogP contribution in [0, 0.1) is 5.82 Å². The summed E-state index contributed by atoms with van der Waals surface area (Å²) in [6.07, 6.45) is 2.05. The first-order chi connectivity index (χ1) is 9.67. The lowest BCUT2D eigenvalue weighted by atomic mass is 10.2. The van der Waals surface area contributed by atoms with Crippen molar-refractivity contribution in [2.75, 3.05) is 18.8 Å². The molecule has 0 saturated carbocycles. The first-order valence-electron chi connectivity index (χ1n) is 6.90. The van der Waals surface area contributed by atoms with Gasteiger partial charge in [0.2, 0.25) is 0 Å². The number of phenolic OH excluding ortho intramolecular Hbond substituents is 1. The smallest absolute Gasteiger partial charge is 0.410 e. The van der Waals surface area contributed by atoms with Gasteiger partial charge in [0, 0.05) is 30.9 Å². The molecule has 1 heterocycles. The van der Waals surface area contributed by atoms with E-state index in [1.54, 1.807) is 4.90 Å². The highest BCUT2D eigenvalue weighted by Crippen LogP contribution is 2.15. The van der Waals surface area contributed by atoms with Gasteiger partial charge in [0.05, 0.1) is 0 Å². The van der Waals surface area contributed by atoms with E-state index in [-0.39, 0.29) is 23.1 Å². The summed E-state index contributed by atoms with van der Waals surface area (Å²) in [6.45, 7) is 7.38. The Morgan fingerprint density at radius 2 is 1.86 bits per heavy atom. The molecule has 0 bridgehead atoms. The molecule has 2 rings (SSSR count). The molecule has 0 aliphatic carbocycles. The molecular weight excluding hydrogens is 275 g/mol. The Kier molecular flexibility index (Phi) is 5.81. The van der Waals surface area contributed by atoms with Gasteiger partial charge >= 0.3 is 6.09 Å². The molecule has 0 spiro atoms. The van der Waals surface area contributed by atoms with Crippen molar-refractivity contribution >= 4 is 11.8 Å². The molecule has 5 nitrogen and oxygen atoms in total. The van der Waals surface area contributed by atoms with E-state index in [1.807, 2.05) is 20.8 Å². The lowest BCUT2D eigenvalue weighted by Crippen LogP contribution is -2.34. The maximum atomic E-state index is 12.2. The third-order valence-corrected chi connectivity index (χ3v) is 2.66. The zero-order chi connectivity index (χ0) is 16.0. The van der Waals surface area contributed by atoms with Gasteiger partial charge in [0.15, 0.2) is 0 Å². The molecule has 1 amide bonds. The minimum absolute atomic E-state index is 0.146. The van der Waals surface area contributed by atoms with Crippen LogP contribution in [0.2, 0.25) is 0 Å². The lowest BCUT2D eigenvalue weighted by Gasteiger charge is -2.23. The first-order valence-corrected chi connectivity index (χ1v) is 6.90. The molecule has 1 saturated heterocycles. The second-order valence-electron chi connectivity index (χ2n) is 5.92. The number of rotatable bonds is 0. The van der Waals surface area contributed by atoms with Crippen molar-refractivity contribution in [3.05, 3.63) is 24.0 Å². The van der Waals surface area contributed by atoms with E-state index in [1.165, 1.54) is 6.07 Å². The number of likely N-dealkylation sites (tertiary alicyclic amines) is 1. The molecule has 0 unspecified atom stereocenters. The number of amides is 1. The van der Waals surface area contributed by atoms with E-state index in [2.05, 4.69) is 0 Å². The van der Waals surface area contributed by atoms with Gasteiger partial charge in [-0.25, -0.2) is 9.18 Å². The SMILES string of the molecule is CC(C)(C)OC(=O)N1CCCC1.Nc1cc(O)cc(F)c1. The number of aromatic hydroxyl groups is 1. The maximum absolute atomic E-state index is 12.2. The second kappa shape index (κ2) is 7.15. The first kappa shape index (κ1) is 17.1. The number of benzene rings is 1. The average Bonchev–Trinajstić information content (AvgIpc) is 2.78. The number of nitrogens with two attached hydrogens (primary N) is 1. The minimum Gasteiger partial charge on any atom is -0.508 e. The Morgan fingerprint density at radius 3 is 2.29 bits per heavy atom. The van der Waals surface area contributed by atoms with Gasteiger partial charge in [-0.05, 0) is 39.7 Å². The summed E-state index contributed by atoms with van der Waals surface area (Å²) < 4.78 is 17.4. The van der Waals surface area contributed by atoms with E-state index in [9.17, 15) is 9.18 Å². The second-order valence-corrected chi connectivity index (χ2v) is 5.92. The fraction of sp³-hybridized carbons (Fsp3) is 0.533. The Labute approximate surface area is 124 Å². The number of hydrogen-bond donors (Lipinski definition) is 2. The van der Waals surface area contributed by atoms with Crippen LogP contribution in [-0.4, -0.2) is 34.8 Å². The summed E-state index contributed by atoms with van der Waals surface area (Å²) in [7, 11) is 0. The van der Waals surface area contributed by atoms with Gasteiger partial charge in [-0.1, -0.05) is 0 Å². The van der Waals surface area contributed by atoms with Crippen LogP contribution in [0.25, 0.3) is 0 Å². The highest BCUT2D eigenvalue weighted by molar-refractivity contribution is 5.68. The Hall–Kier alpha value is -1.98. The quantitative estimate of drug-likeness (QED) is 0.721. The van der Waals surface area contributed by atoms with Crippen LogP contribution in [0.1, 0.15) is 33.6 Å². The number of nitrogens with zero attached hydrogens (tertiary/aromatic N) is 1. The highest BCUT2D eigenvalue weighted by Gasteiger charge is 2.23. The van der Waals surface area contributed by atoms with E-state index in [0.717, 1.165) is 38.1 Å². The predicted molar refractivity (Wildman–Crippen MR) is 79.5 cm³/mol. The Bertz CT molecular complexity index is 430. The van der Waals surface area contributed by atoms with Crippen molar-refractivity contribution < 1.29 is 19.0 Å². The van der Waals surface area contributed by atoms with Gasteiger partial charge in [-0.15, -0.1) is 0 Å². The third-order valence-electron chi connectivity index (χ3n) is 2.66. The van der Waals surface area contributed by atoms with Crippen LogP contribution in [0.15, 0.2) is 18.2 Å². The molecule has 1 fully saturated rings. The fourth-order valence-corrected chi connectivity index (χ4v) is 1.82. The number of halogens is 1. The van der Waals surface area contributed by atoms with Crippen LogP contribution in [-0.2, 0) is 4.74 Å². The van der Waals surface area contributed by atoms with Gasteiger partial charge in [-0.2, -0.15) is 0 Å². The average molecular weight is 298 g/mol. The fourth-order valence-electron chi connectivity index (χ4n) is 1.82. The van der Waals surface area contributed by atoms with E-state index >= 15 is 0 Å². The van der Waals surface area contributed by atoms with Gasteiger partial charge in [0.25, 0.3) is 0 Å². The molecule has 0 atom stereocenters. The topological polar surface area (TPSA) is 75.8 Å². The number of anilines is 1. The molecule has 1 aromatic rings. The van der Waals surface area contributed by atoms with Crippen LogP contribution >= 0.6 is 0 Å². The number of hydrogen-bond acceptors (Lipinski definition) is 4. The van der Waals surface area contributed by atoms with E-state index in [0.29, 0.717) is 0 Å². The minimum atomic E-state index is -0.521. The van der Waals surface area contributed by atoms with Gasteiger partial charge < -0.3 is 20.5 Å². The number of phenols is 1. The van der Waals surface area contributed by atoms with E-state index < -0.39 is 5.82 Å². The molecular formula is C15H23FN2O3. The highest BCUT2D eigenvalue weighted by atomic mass is 19.1. The monoisotopic (exact) mass is 298 g/mol. The number of ether oxygens (including phenoxy) is 1. The largest absolute Gasteiger partial charge is 0.508 e. The van der Waals surface area contributed by atoms with Crippen molar-refractivity contribution in [1.82, 2.24) is 4.90 Å². The Morgan fingerprint density at radius 1 is 1.29 bits per heavy atom. The molecule has 1 aromatic carbocycles. The molecule has 1 aliphatic heterocycles. The maximum Gasteiger partial charge on any atom is 0.410 e. The summed E-state index contributed by atoms with van der Waals surface area (Å²) in [6, 6.07) is 3.42. The van der Waals surface area contributed by atoms with Crippen molar-refractivity contribution in [1.29, 1.82) is 0 Å². The van der Waals surface area contributed by atoms with Gasteiger partial charge in [-0.3, -0.25) is 0 Å². The molecule has 118 valence electrons. The number of carbonyl (C=O) groups excluding carboxylic acids is 1. The molecule has 0 aromatic heterocycles. The summed E-state index contributed by atoms with van der Waals surface area (Å²) >= 11 is 0. The van der Waals surface area contributed by atoms with Crippen molar-refractivity contribution in [2.24, 2.45) is 0 Å². The van der Waals surface area contributed by atoms with Crippen LogP contribution in [0.3, 0.4) is 0 Å². The summed E-state index contributed by atoms with van der Waals surface area (Å²) in [5, 5.41) is 8.67. The lowest BCUT2D eigenvalue weighted by molar-refractivity contribution is 0.0295. The van der Waals surface area contributed by atoms with Crippen LogP contribution < -0.4 is 5.73 Å². The number of nitrogen functional groups attached to an aromatic ring is 1. The van der Waals surface area contributed by atoms with Crippen molar-refractivity contribution in [3.63, 3.8) is 0 Å². The van der Waals surface area contributed by atoms with Crippen molar-refractivity contribution in [3.8, 4) is 5.75 Å². The van der Waals surface area contributed by atoms with Crippen LogP contribution in [0.4, 0.5) is 14.9 Å². The normalized spacial score (nSPS) is 14.4. The summed E-state index contributed by atoms with van der Waals surface area (Å²) in [5.74, 6) is -0.667. The molecule has 0 radical (unpaired) electrons. The number of carbonyl (C=O) groups is 1.